The van der Waals surface area contributed by atoms with E-state index in [1.807, 2.05) is 0 Å². The van der Waals surface area contributed by atoms with Crippen molar-refractivity contribution in [2.75, 3.05) is 46.2 Å². The normalized spacial score (nSPS) is 44.3. The first-order valence-electron chi connectivity index (χ1n) is 28.4. The Hall–Kier alpha value is -3.36. The number of nitrogens with one attached hydrogen (secondary N) is 4. The Bertz CT molecular complexity index is 2240. The van der Waals surface area contributed by atoms with Gasteiger partial charge in [-0.05, 0) is 6.92 Å². The number of aliphatic hydroxyl groups is 19. The lowest BCUT2D eigenvalue weighted by Crippen LogP contribution is -2.69. The van der Waals surface area contributed by atoms with Gasteiger partial charge in [0.1, 0.15) is 159 Å². The quantitative estimate of drug-likeness (QED) is 0.0382. The fourth-order valence-electron chi connectivity index (χ4n) is 11.0. The van der Waals surface area contributed by atoms with Crippen LogP contribution in [0.3, 0.4) is 0 Å². The Kier molecular flexibility index (Phi) is 27.8. The SMILES string of the molecule is CC(=O)N[C@H]1[C@H](OC[C@@H](O)[C@H](O)[C@H](O[C@@H]2O[C@H](CO)[C@H](O)[C@H](O[C@H]3O[C@H](CO)[C@H](O)[C@H](O)[C@H]3NC(C)=O)[C@H]2O[C@@H]2O[C@@H](C)[C@@H](O)[C@@H](O)[C@@H]2O)[C@H](CO)NC(C)=O)O[C@H](CO)[C@@H](O[C@@H]2O[C@H](CO)[C@H](O[C@H]3O[C@H](CO)[C@@H](O)[C@H](O)[C@H]3NC(C)=O)[C@H](O)[C@H]2O)[C@@H]1O. The number of rotatable bonds is 26. The van der Waals surface area contributed by atoms with Crippen LogP contribution in [-0.2, 0) is 76.0 Å². The molecule has 0 spiro atoms. The molecule has 39 nitrogen and oxygen atoms in total. The van der Waals surface area contributed by atoms with Gasteiger partial charge in [-0.15, -0.1) is 0 Å². The lowest BCUT2D eigenvalue weighted by molar-refractivity contribution is -0.392. The summed E-state index contributed by atoms with van der Waals surface area (Å²) in [5.74, 6) is -3.33. The van der Waals surface area contributed by atoms with E-state index < -0.39 is 278 Å². The monoisotopic (exact) mass is 1300 g/mol. The molecule has 0 radical (unpaired) electrons. The van der Waals surface area contributed by atoms with Crippen LogP contribution in [-0.4, -0.2) is 375 Å². The summed E-state index contributed by atoms with van der Waals surface area (Å²) in [6.45, 7) is -2.00. The number of amides is 4. The van der Waals surface area contributed by atoms with E-state index in [2.05, 4.69) is 21.3 Å². The zero-order chi connectivity index (χ0) is 66.2. The molecule has 6 saturated heterocycles. The Morgan fingerprint density at radius 3 is 1.27 bits per heavy atom. The lowest BCUT2D eigenvalue weighted by Gasteiger charge is -2.50. The van der Waals surface area contributed by atoms with Crippen LogP contribution in [0, 0.1) is 0 Å². The van der Waals surface area contributed by atoms with Crippen molar-refractivity contribution in [3.05, 3.63) is 0 Å². The highest BCUT2D eigenvalue weighted by molar-refractivity contribution is 5.74. The number of aliphatic hydroxyl groups excluding tert-OH is 19. The molecule has 0 aromatic carbocycles. The van der Waals surface area contributed by atoms with Crippen LogP contribution >= 0.6 is 0 Å². The molecule has 0 aliphatic carbocycles. The van der Waals surface area contributed by atoms with E-state index in [9.17, 15) is 116 Å². The molecule has 0 unspecified atom stereocenters. The van der Waals surface area contributed by atoms with Crippen LogP contribution < -0.4 is 21.3 Å². The van der Waals surface area contributed by atoms with E-state index in [0.29, 0.717) is 0 Å². The smallest absolute Gasteiger partial charge is 0.217 e. The van der Waals surface area contributed by atoms with E-state index in [1.54, 1.807) is 0 Å². The summed E-state index contributed by atoms with van der Waals surface area (Å²) in [7, 11) is 0. The van der Waals surface area contributed by atoms with E-state index in [4.69, 9.17) is 56.8 Å². The third-order valence-corrected chi connectivity index (χ3v) is 15.8. The van der Waals surface area contributed by atoms with Gasteiger partial charge >= 0.3 is 0 Å². The van der Waals surface area contributed by atoms with Crippen molar-refractivity contribution in [1.29, 1.82) is 0 Å². The molecule has 89 heavy (non-hydrogen) atoms. The van der Waals surface area contributed by atoms with Crippen LogP contribution in [0.5, 0.6) is 0 Å². The van der Waals surface area contributed by atoms with Gasteiger partial charge < -0.3 is 175 Å². The molecular formula is C50H86N4O35. The standard InChI is InChI=1S/C50H86N4O35/c1-13-28(66)36(74)38(76)48(79-13)89-44-43(88-47-26(53-16(4)63)34(72)31(69)21(8-57)81-47)32(70)22(9-58)82-50(44)85-40(18(6-55)51-14(2)61)29(67)19(65)12-78-45-27(54-17(5)64)35(73)41(23(10-59)83-45)87-49-39(77)37(75)42(24(11-60)84-49)86-46-25(52-15(3)62)33(71)30(68)20(7-56)80-46/h13,18-50,55-60,65-77H,6-12H2,1-5H3,(H,51,61)(H,52,62)(H,53,63)(H,54,64)/t13-,18-,19+,20+,21+,22+,23+,24+,25+,26+,27+,28+,29-,30+,31-,32-,33+,34+,35+,36+,37+,38-,39+,40+,41+,42-,43-,44+,45+,46+,47+,48-,49-,50-/m0/s1. The van der Waals surface area contributed by atoms with Gasteiger partial charge in [-0.25, -0.2) is 0 Å². The molecule has 23 N–H and O–H groups in total. The van der Waals surface area contributed by atoms with Crippen molar-refractivity contribution in [2.45, 2.75) is 243 Å². The van der Waals surface area contributed by atoms with Crippen LogP contribution in [0.15, 0.2) is 0 Å². The second-order valence-electron chi connectivity index (χ2n) is 22.3. The highest BCUT2D eigenvalue weighted by Gasteiger charge is 2.58. The second-order valence-corrected chi connectivity index (χ2v) is 22.3. The predicted octanol–water partition coefficient (Wildman–Crippen LogP) is -15.0. The van der Waals surface area contributed by atoms with Gasteiger partial charge in [0.25, 0.3) is 0 Å². The van der Waals surface area contributed by atoms with Gasteiger partial charge in [-0.2, -0.15) is 0 Å². The molecule has 0 aromatic rings. The number of carbonyl (C=O) groups excluding carboxylic acids is 4. The summed E-state index contributed by atoms with van der Waals surface area (Å²) in [6, 6.07) is -6.85. The maximum Gasteiger partial charge on any atom is 0.217 e. The summed E-state index contributed by atoms with van der Waals surface area (Å²) >= 11 is 0. The number of hydrogen-bond donors (Lipinski definition) is 23. The van der Waals surface area contributed by atoms with Gasteiger partial charge in [0.2, 0.25) is 23.6 Å². The topological polar surface area (TPSA) is 612 Å². The Morgan fingerprint density at radius 2 is 0.798 bits per heavy atom. The van der Waals surface area contributed by atoms with Crippen LogP contribution in [0.4, 0.5) is 0 Å². The molecule has 6 heterocycles. The van der Waals surface area contributed by atoms with Crippen LogP contribution in [0.2, 0.25) is 0 Å². The third kappa shape index (κ3) is 17.5. The first-order chi connectivity index (χ1) is 42.0. The molecule has 0 aromatic heterocycles. The predicted molar refractivity (Wildman–Crippen MR) is 279 cm³/mol. The third-order valence-electron chi connectivity index (χ3n) is 15.8. The molecule has 6 fully saturated rings. The van der Waals surface area contributed by atoms with Gasteiger partial charge in [0, 0.05) is 27.7 Å². The van der Waals surface area contributed by atoms with Crippen LogP contribution in [0.25, 0.3) is 0 Å². The second kappa shape index (κ2) is 33.2. The summed E-state index contributed by atoms with van der Waals surface area (Å²) in [4.78, 5) is 49.7. The van der Waals surface area contributed by atoms with E-state index >= 15 is 0 Å². The number of ether oxygens (including phenoxy) is 12. The maximum atomic E-state index is 12.7. The minimum atomic E-state index is -2.43. The Labute approximate surface area is 506 Å². The molecule has 516 valence electrons. The fourth-order valence-corrected chi connectivity index (χ4v) is 11.0. The van der Waals surface area contributed by atoms with Gasteiger partial charge in [0.05, 0.1) is 58.4 Å². The molecule has 34 atom stereocenters. The minimum absolute atomic E-state index is 0.740. The Morgan fingerprint density at radius 1 is 0.404 bits per heavy atom. The minimum Gasteiger partial charge on any atom is -0.394 e. The van der Waals surface area contributed by atoms with E-state index in [1.165, 1.54) is 6.92 Å². The first-order valence-corrected chi connectivity index (χ1v) is 28.4. The van der Waals surface area contributed by atoms with E-state index in [0.717, 1.165) is 27.7 Å². The summed E-state index contributed by atoms with van der Waals surface area (Å²) < 4.78 is 70.3. The number of hydrogen-bond acceptors (Lipinski definition) is 35. The van der Waals surface area contributed by atoms with Crippen molar-refractivity contribution < 1.29 is 173 Å². The van der Waals surface area contributed by atoms with Gasteiger partial charge in [0.15, 0.2) is 37.7 Å². The molecular weight excluding hydrogens is 1220 g/mol. The van der Waals surface area contributed by atoms with Gasteiger partial charge in [-0.1, -0.05) is 0 Å². The Balaban J connectivity index is 1.25. The lowest BCUT2D eigenvalue weighted by atomic mass is 9.94. The molecule has 0 saturated carbocycles. The molecule has 6 aliphatic heterocycles. The first kappa shape index (κ1) is 74.7. The average Bonchev–Trinajstić information content (AvgIpc) is 1.55. The van der Waals surface area contributed by atoms with Crippen molar-refractivity contribution in [3.8, 4) is 0 Å². The number of carbonyl (C=O) groups is 4. The maximum absolute atomic E-state index is 12.7. The summed E-state index contributed by atoms with van der Waals surface area (Å²) in [5.41, 5.74) is 0. The molecule has 39 heteroatoms. The van der Waals surface area contributed by atoms with Crippen molar-refractivity contribution in [2.24, 2.45) is 0 Å². The fraction of sp³-hybridized carbons (Fsp3) is 0.920. The molecule has 6 aliphatic rings. The van der Waals surface area contributed by atoms with Crippen molar-refractivity contribution >= 4 is 23.6 Å². The summed E-state index contributed by atoms with van der Waals surface area (Å²) in [5, 5.41) is 217. The van der Waals surface area contributed by atoms with Crippen LogP contribution in [0.1, 0.15) is 34.6 Å². The zero-order valence-corrected chi connectivity index (χ0v) is 48.6. The van der Waals surface area contributed by atoms with E-state index in [-0.39, 0.29) is 0 Å². The average molecular weight is 1300 g/mol. The molecule has 4 amide bonds. The highest BCUT2D eigenvalue weighted by atomic mass is 16.8. The zero-order valence-electron chi connectivity index (χ0n) is 48.6. The molecule has 0 bridgehead atoms. The van der Waals surface area contributed by atoms with Crippen molar-refractivity contribution in [3.63, 3.8) is 0 Å². The van der Waals surface area contributed by atoms with Crippen molar-refractivity contribution in [1.82, 2.24) is 21.3 Å². The summed E-state index contributed by atoms with van der Waals surface area (Å²) in [6.07, 6.45) is -58.2. The largest absolute Gasteiger partial charge is 0.394 e. The van der Waals surface area contributed by atoms with Gasteiger partial charge in [-0.3, -0.25) is 19.2 Å². The molecule has 6 rings (SSSR count). The highest BCUT2D eigenvalue weighted by Crippen LogP contribution is 2.37.